The largest absolute Gasteiger partial charge is 0.390 e. The number of alkyl halides is 2. The summed E-state index contributed by atoms with van der Waals surface area (Å²) in [6.45, 7) is 0.217. The number of anilines is 2. The van der Waals surface area contributed by atoms with Crippen LogP contribution in [0.15, 0.2) is 4.42 Å². The highest BCUT2D eigenvalue weighted by molar-refractivity contribution is 5.22. The first-order valence-electron chi connectivity index (χ1n) is 3.18. The third-order valence-electron chi connectivity index (χ3n) is 0.991. The van der Waals surface area contributed by atoms with Crippen molar-refractivity contribution in [1.82, 2.24) is 10.2 Å². The zero-order valence-electron chi connectivity index (χ0n) is 6.34. The summed E-state index contributed by atoms with van der Waals surface area (Å²) >= 11 is 0. The Morgan fingerprint density at radius 1 is 1.58 bits per heavy atom. The van der Waals surface area contributed by atoms with E-state index in [2.05, 4.69) is 19.9 Å². The highest BCUT2D eigenvalue weighted by atomic mass is 19.3. The average molecular weight is 178 g/mol. The van der Waals surface area contributed by atoms with Crippen molar-refractivity contribution in [2.45, 2.75) is 12.8 Å². The Bertz CT molecular complexity index is 256. The number of hydrogen-bond donors (Lipinski definition) is 2. The number of nitrogens with two attached hydrogens (primary N) is 1. The lowest BCUT2D eigenvalue weighted by molar-refractivity contribution is 0.0362. The lowest BCUT2D eigenvalue weighted by Gasteiger charge is -2.08. The van der Waals surface area contributed by atoms with Crippen LogP contribution >= 0.6 is 0 Å². The number of halogens is 2. The monoisotopic (exact) mass is 178 g/mol. The molecule has 5 nitrogen and oxygen atoms in total. The van der Waals surface area contributed by atoms with Crippen molar-refractivity contribution in [3.05, 3.63) is 0 Å². The first-order chi connectivity index (χ1) is 5.47. The van der Waals surface area contributed by atoms with Gasteiger partial charge in [0.05, 0.1) is 6.54 Å². The van der Waals surface area contributed by atoms with Gasteiger partial charge in [0.15, 0.2) is 0 Å². The molecule has 0 fully saturated rings. The molecule has 68 valence electrons. The zero-order chi connectivity index (χ0) is 9.19. The van der Waals surface area contributed by atoms with Crippen molar-refractivity contribution < 1.29 is 13.2 Å². The fraction of sp³-hybridized carbons (Fsp3) is 0.600. The lowest BCUT2D eigenvalue weighted by atomic mass is 10.4. The van der Waals surface area contributed by atoms with E-state index < -0.39 is 12.5 Å². The molecule has 0 aliphatic heterocycles. The van der Waals surface area contributed by atoms with E-state index in [1.54, 1.807) is 0 Å². The molecule has 12 heavy (non-hydrogen) atoms. The maximum absolute atomic E-state index is 12.2. The number of nitrogens with zero attached hydrogens (tertiary/aromatic N) is 2. The normalized spacial score (nSPS) is 11.6. The minimum absolute atomic E-state index is 0.103. The smallest absolute Gasteiger partial charge is 0.317 e. The molecule has 0 atom stereocenters. The molecular formula is C5H8F2N4O. The van der Waals surface area contributed by atoms with E-state index >= 15 is 0 Å². The predicted molar refractivity (Wildman–Crippen MR) is 37.8 cm³/mol. The number of nitrogens with one attached hydrogen (secondary N) is 1. The zero-order valence-corrected chi connectivity index (χ0v) is 6.34. The summed E-state index contributed by atoms with van der Waals surface area (Å²) in [7, 11) is 0. The van der Waals surface area contributed by atoms with Gasteiger partial charge >= 0.3 is 12.0 Å². The van der Waals surface area contributed by atoms with E-state index in [0.29, 0.717) is 0 Å². The van der Waals surface area contributed by atoms with Gasteiger partial charge in [-0.05, 0) is 0 Å². The minimum Gasteiger partial charge on any atom is -0.390 e. The predicted octanol–water partition coefficient (Wildman–Crippen LogP) is 0.719. The van der Waals surface area contributed by atoms with Crippen LogP contribution in [0.2, 0.25) is 0 Å². The molecule has 3 N–H and O–H groups in total. The van der Waals surface area contributed by atoms with Gasteiger partial charge in [-0.25, -0.2) is 8.78 Å². The van der Waals surface area contributed by atoms with Crippen molar-refractivity contribution in [2.75, 3.05) is 17.6 Å². The third-order valence-corrected chi connectivity index (χ3v) is 0.991. The molecular weight excluding hydrogens is 170 g/mol. The molecule has 0 amide bonds. The Morgan fingerprint density at radius 3 is 2.67 bits per heavy atom. The second-order valence-electron chi connectivity index (χ2n) is 2.37. The summed E-state index contributed by atoms with van der Waals surface area (Å²) in [6, 6.07) is -0.258. The molecule has 0 aliphatic carbocycles. The van der Waals surface area contributed by atoms with Crippen LogP contribution in [0.5, 0.6) is 0 Å². The van der Waals surface area contributed by atoms with Crippen LogP contribution in [0.1, 0.15) is 6.92 Å². The SMILES string of the molecule is CC(F)(F)CNc1nnc(N)o1. The summed E-state index contributed by atoms with van der Waals surface area (Å²) in [4.78, 5) is 0. The Kier molecular flexibility index (Phi) is 2.11. The molecule has 7 heteroatoms. The van der Waals surface area contributed by atoms with Gasteiger partial charge in [0.2, 0.25) is 0 Å². The van der Waals surface area contributed by atoms with Crippen LogP contribution in [0.4, 0.5) is 20.8 Å². The molecule has 1 aromatic heterocycles. The molecule has 0 aromatic carbocycles. The molecule has 0 saturated carbocycles. The summed E-state index contributed by atoms with van der Waals surface area (Å²) in [5.41, 5.74) is 5.05. The van der Waals surface area contributed by atoms with Gasteiger partial charge in [-0.3, -0.25) is 0 Å². The maximum atomic E-state index is 12.2. The van der Waals surface area contributed by atoms with Gasteiger partial charge < -0.3 is 15.5 Å². The van der Waals surface area contributed by atoms with Crippen molar-refractivity contribution >= 4 is 12.0 Å². The topological polar surface area (TPSA) is 77.0 Å². The number of aromatic nitrogens is 2. The first kappa shape index (κ1) is 8.69. The Balaban J connectivity index is 2.44. The van der Waals surface area contributed by atoms with Crippen LogP contribution in [-0.4, -0.2) is 22.7 Å². The van der Waals surface area contributed by atoms with Crippen molar-refractivity contribution in [3.8, 4) is 0 Å². The van der Waals surface area contributed by atoms with Gasteiger partial charge in [0, 0.05) is 6.92 Å². The van der Waals surface area contributed by atoms with E-state index in [1.165, 1.54) is 0 Å². The van der Waals surface area contributed by atoms with E-state index in [0.717, 1.165) is 6.92 Å². The van der Waals surface area contributed by atoms with Gasteiger partial charge in [-0.1, -0.05) is 10.2 Å². The molecule has 1 rings (SSSR count). The Hall–Kier alpha value is -1.40. The van der Waals surface area contributed by atoms with Gasteiger partial charge in [0.25, 0.3) is 5.92 Å². The van der Waals surface area contributed by atoms with Crippen molar-refractivity contribution in [3.63, 3.8) is 0 Å². The van der Waals surface area contributed by atoms with Crippen molar-refractivity contribution in [1.29, 1.82) is 0 Å². The van der Waals surface area contributed by atoms with Crippen LogP contribution in [0.3, 0.4) is 0 Å². The van der Waals surface area contributed by atoms with Crippen molar-refractivity contribution in [2.24, 2.45) is 0 Å². The van der Waals surface area contributed by atoms with Gasteiger partial charge in [-0.2, -0.15) is 0 Å². The number of nitrogen functional groups attached to an aromatic ring is 1. The lowest BCUT2D eigenvalue weighted by Crippen LogP contribution is -2.22. The maximum Gasteiger partial charge on any atom is 0.317 e. The van der Waals surface area contributed by atoms with E-state index in [4.69, 9.17) is 5.73 Å². The summed E-state index contributed by atoms with van der Waals surface area (Å²) < 4.78 is 29.1. The third kappa shape index (κ3) is 2.69. The average Bonchev–Trinajstić information content (AvgIpc) is 2.30. The number of hydrogen-bond acceptors (Lipinski definition) is 5. The van der Waals surface area contributed by atoms with Crippen LogP contribution in [0, 0.1) is 0 Å². The van der Waals surface area contributed by atoms with Crippen LogP contribution in [-0.2, 0) is 0 Å². The van der Waals surface area contributed by atoms with Crippen LogP contribution < -0.4 is 11.1 Å². The van der Waals surface area contributed by atoms with Gasteiger partial charge in [-0.15, -0.1) is 0 Å². The molecule has 1 heterocycles. The standard InChI is InChI=1S/C5H8F2N4O/c1-5(6,7)2-9-4-11-10-3(8)12-4/h2H2,1H3,(H2,8,10)(H,9,11). The Labute approximate surface area is 66.9 Å². The van der Waals surface area contributed by atoms with Gasteiger partial charge in [0.1, 0.15) is 0 Å². The van der Waals surface area contributed by atoms with E-state index in [1.807, 2.05) is 0 Å². The fourth-order valence-corrected chi connectivity index (χ4v) is 0.537. The highest BCUT2D eigenvalue weighted by Gasteiger charge is 2.21. The molecule has 0 aliphatic rings. The van der Waals surface area contributed by atoms with Crippen LogP contribution in [0.25, 0.3) is 0 Å². The second-order valence-corrected chi connectivity index (χ2v) is 2.37. The highest BCUT2D eigenvalue weighted by Crippen LogP contribution is 2.13. The fourth-order valence-electron chi connectivity index (χ4n) is 0.537. The summed E-state index contributed by atoms with van der Waals surface area (Å²) in [5.74, 6) is -2.82. The molecule has 0 bridgehead atoms. The summed E-state index contributed by atoms with van der Waals surface area (Å²) in [6.07, 6.45) is 0. The molecule has 0 unspecified atom stereocenters. The summed E-state index contributed by atoms with van der Waals surface area (Å²) in [5, 5.41) is 8.84. The molecule has 0 spiro atoms. The Morgan fingerprint density at radius 2 is 2.25 bits per heavy atom. The quantitative estimate of drug-likeness (QED) is 0.713. The molecule has 0 saturated heterocycles. The van der Waals surface area contributed by atoms with E-state index in [9.17, 15) is 8.78 Å². The first-order valence-corrected chi connectivity index (χ1v) is 3.18. The molecule has 0 radical (unpaired) electrons. The minimum atomic E-state index is -2.82. The molecule has 1 aromatic rings. The van der Waals surface area contributed by atoms with E-state index in [-0.39, 0.29) is 12.0 Å². The second kappa shape index (κ2) is 2.92. The number of rotatable bonds is 3.